The van der Waals surface area contributed by atoms with E-state index in [4.69, 9.17) is 15.2 Å². The number of carbonyl (C=O) groups is 1. The second-order valence-corrected chi connectivity index (χ2v) is 13.9. The molecule has 1 aliphatic rings. The van der Waals surface area contributed by atoms with Crippen molar-refractivity contribution >= 4 is 5.91 Å². The van der Waals surface area contributed by atoms with Gasteiger partial charge in [0.05, 0.1) is 12.7 Å². The molecule has 0 saturated carbocycles. The number of nitrogens with two attached hydrogens (primary N) is 1. The van der Waals surface area contributed by atoms with Crippen LogP contribution in [0.4, 0.5) is 0 Å². The number of amides is 1. The number of hydrogen-bond acceptors (Lipinski definition) is 10. The molecule has 0 aromatic rings. The van der Waals surface area contributed by atoms with Gasteiger partial charge in [0.25, 0.3) is 0 Å². The summed E-state index contributed by atoms with van der Waals surface area (Å²) in [5.74, 6) is -0.393. The Hall–Kier alpha value is -0.890. The molecule has 1 aliphatic heterocycles. The van der Waals surface area contributed by atoms with Crippen molar-refractivity contribution in [2.45, 2.75) is 210 Å². The van der Waals surface area contributed by atoms with E-state index >= 15 is 0 Å². The summed E-state index contributed by atoms with van der Waals surface area (Å²) >= 11 is 0. The van der Waals surface area contributed by atoms with E-state index in [2.05, 4.69) is 12.2 Å². The monoisotopic (exact) mass is 677 g/mol. The summed E-state index contributed by atoms with van der Waals surface area (Å²) in [6.45, 7) is 3.72. The number of aliphatic hydroxyl groups is 6. The van der Waals surface area contributed by atoms with Gasteiger partial charge in [-0.3, -0.25) is 4.79 Å². The summed E-state index contributed by atoms with van der Waals surface area (Å²) in [4.78, 5) is 13.0. The van der Waals surface area contributed by atoms with Gasteiger partial charge < -0.3 is 51.2 Å². The third-order valence-corrected chi connectivity index (χ3v) is 9.49. The van der Waals surface area contributed by atoms with Gasteiger partial charge in [-0.15, -0.1) is 0 Å². The Bertz CT molecular complexity index is 762. The van der Waals surface area contributed by atoms with Gasteiger partial charge in [-0.2, -0.15) is 0 Å². The van der Waals surface area contributed by atoms with Crippen LogP contribution in [-0.4, -0.2) is 98.3 Å². The molecule has 8 atom stereocenters. The molecule has 1 saturated heterocycles. The Labute approximate surface area is 285 Å². The quantitative estimate of drug-likeness (QED) is 0.0401. The molecule has 1 fully saturated rings. The van der Waals surface area contributed by atoms with E-state index in [9.17, 15) is 35.4 Å². The average molecular weight is 677 g/mol. The maximum atomic E-state index is 13.0. The van der Waals surface area contributed by atoms with Gasteiger partial charge in [0.1, 0.15) is 30.5 Å². The molecule has 1 unspecified atom stereocenters. The molecule has 1 rings (SSSR count). The zero-order valence-corrected chi connectivity index (χ0v) is 29.7. The number of aliphatic hydroxyl groups excluding tert-OH is 6. The zero-order chi connectivity index (χ0) is 34.9. The number of ether oxygens (including phenoxy) is 2. The van der Waals surface area contributed by atoms with E-state index in [0.29, 0.717) is 12.8 Å². The third-order valence-electron chi connectivity index (χ3n) is 9.49. The van der Waals surface area contributed by atoms with Gasteiger partial charge >= 0.3 is 0 Å². The predicted molar refractivity (Wildman–Crippen MR) is 184 cm³/mol. The summed E-state index contributed by atoms with van der Waals surface area (Å²) < 4.78 is 11.4. The highest BCUT2D eigenvalue weighted by atomic mass is 16.7. The van der Waals surface area contributed by atoms with E-state index in [1.54, 1.807) is 0 Å². The van der Waals surface area contributed by atoms with Crippen molar-refractivity contribution in [3.05, 3.63) is 0 Å². The van der Waals surface area contributed by atoms with Crippen molar-refractivity contribution in [3.8, 4) is 0 Å². The molecule has 47 heavy (non-hydrogen) atoms. The van der Waals surface area contributed by atoms with Crippen LogP contribution in [0.15, 0.2) is 0 Å². The lowest BCUT2D eigenvalue weighted by atomic mass is 9.96. The second kappa shape index (κ2) is 26.9. The Morgan fingerprint density at radius 3 is 1.70 bits per heavy atom. The minimum atomic E-state index is -1.88. The van der Waals surface area contributed by atoms with Gasteiger partial charge in [-0.25, -0.2) is 0 Å². The van der Waals surface area contributed by atoms with E-state index in [1.807, 2.05) is 0 Å². The van der Waals surface area contributed by atoms with E-state index in [-0.39, 0.29) is 12.8 Å². The third kappa shape index (κ3) is 18.6. The Kier molecular flexibility index (Phi) is 25.3. The van der Waals surface area contributed by atoms with Gasteiger partial charge in [0.2, 0.25) is 5.91 Å². The summed E-state index contributed by atoms with van der Waals surface area (Å²) in [6, 6.07) is 0. The lowest BCUT2D eigenvalue weighted by Crippen LogP contribution is -2.66. The normalized spacial score (nSPS) is 24.1. The molecule has 0 aromatic carbocycles. The highest BCUT2D eigenvalue weighted by molar-refractivity contribution is 5.76. The SMILES string of the molecule is CCCCCCCCCCCCCC[C@@H](O)[C@H](O)[C@@](C)(NC(=O)CCCCCCCCCCCN)O[C@@H]1OC(CO)[C@H](O)[C@H](O)[C@H]1O. The van der Waals surface area contributed by atoms with Crippen LogP contribution in [0, 0.1) is 0 Å². The molecule has 11 nitrogen and oxygen atoms in total. The topological polar surface area (TPSA) is 195 Å². The van der Waals surface area contributed by atoms with Crippen molar-refractivity contribution in [1.82, 2.24) is 5.32 Å². The maximum absolute atomic E-state index is 13.0. The minimum Gasteiger partial charge on any atom is -0.394 e. The molecule has 0 spiro atoms. The van der Waals surface area contributed by atoms with E-state index in [1.165, 1.54) is 77.6 Å². The molecule has 280 valence electrons. The summed E-state index contributed by atoms with van der Waals surface area (Å²) in [6.07, 6.45) is 13.3. The fourth-order valence-electron chi connectivity index (χ4n) is 6.31. The van der Waals surface area contributed by atoms with Gasteiger partial charge in [-0.05, 0) is 32.7 Å². The lowest BCUT2D eigenvalue weighted by Gasteiger charge is -2.45. The van der Waals surface area contributed by atoms with Gasteiger partial charge in [0.15, 0.2) is 12.0 Å². The van der Waals surface area contributed by atoms with Crippen LogP contribution in [0.1, 0.15) is 162 Å². The van der Waals surface area contributed by atoms with Crippen LogP contribution in [0.3, 0.4) is 0 Å². The maximum Gasteiger partial charge on any atom is 0.222 e. The zero-order valence-electron chi connectivity index (χ0n) is 29.7. The van der Waals surface area contributed by atoms with Crippen LogP contribution >= 0.6 is 0 Å². The largest absolute Gasteiger partial charge is 0.394 e. The number of rotatable bonds is 30. The highest BCUT2D eigenvalue weighted by Gasteiger charge is 2.49. The van der Waals surface area contributed by atoms with Crippen molar-refractivity contribution in [2.24, 2.45) is 5.73 Å². The molecular formula is C36H72N2O9. The molecule has 0 bridgehead atoms. The predicted octanol–water partition coefficient (Wildman–Crippen LogP) is 4.31. The van der Waals surface area contributed by atoms with Crippen molar-refractivity contribution in [1.29, 1.82) is 0 Å². The first-order valence-corrected chi connectivity index (χ1v) is 19.0. The molecular weight excluding hydrogens is 604 g/mol. The lowest BCUT2D eigenvalue weighted by molar-refractivity contribution is -0.340. The first-order valence-electron chi connectivity index (χ1n) is 19.0. The van der Waals surface area contributed by atoms with Gasteiger partial charge in [-0.1, -0.05) is 129 Å². The fourth-order valence-corrected chi connectivity index (χ4v) is 6.31. The van der Waals surface area contributed by atoms with Crippen LogP contribution < -0.4 is 11.1 Å². The first kappa shape index (κ1) is 44.1. The standard InChI is InChI=1S/C36H72N2O9/c1-3-4-5-6-7-8-9-10-12-15-18-21-24-28(40)34(45)36(2,47-35-33(44)32(43)31(42)29(27-39)46-35)38-30(41)25-22-19-16-13-11-14-17-20-23-26-37/h28-29,31-35,39-40,42-45H,3-27,37H2,1-2H3,(H,38,41)/t28-,29?,31+,32+,33-,34+,35+,36+/m1/s1. The number of hydrogen-bond donors (Lipinski definition) is 8. The Morgan fingerprint density at radius 2 is 1.21 bits per heavy atom. The summed E-state index contributed by atoms with van der Waals surface area (Å²) in [5, 5.41) is 65.5. The first-order chi connectivity index (χ1) is 22.6. The summed E-state index contributed by atoms with van der Waals surface area (Å²) in [5.41, 5.74) is 3.65. The van der Waals surface area contributed by atoms with Gasteiger partial charge in [0, 0.05) is 6.42 Å². The molecule has 1 heterocycles. The molecule has 11 heteroatoms. The van der Waals surface area contributed by atoms with Crippen LogP contribution in [0.5, 0.6) is 0 Å². The van der Waals surface area contributed by atoms with Crippen LogP contribution in [-0.2, 0) is 14.3 Å². The minimum absolute atomic E-state index is 0.186. The average Bonchev–Trinajstić information content (AvgIpc) is 3.05. The smallest absolute Gasteiger partial charge is 0.222 e. The van der Waals surface area contributed by atoms with Crippen LogP contribution in [0.2, 0.25) is 0 Å². The number of carbonyl (C=O) groups excluding carboxylic acids is 1. The molecule has 9 N–H and O–H groups in total. The van der Waals surface area contributed by atoms with E-state index in [0.717, 1.165) is 57.9 Å². The molecule has 0 radical (unpaired) electrons. The van der Waals surface area contributed by atoms with Crippen LogP contribution in [0.25, 0.3) is 0 Å². The van der Waals surface area contributed by atoms with Crippen molar-refractivity contribution in [2.75, 3.05) is 13.2 Å². The second-order valence-electron chi connectivity index (χ2n) is 13.9. The molecule has 0 aromatic heterocycles. The Morgan fingerprint density at radius 1 is 0.745 bits per heavy atom. The summed E-state index contributed by atoms with van der Waals surface area (Å²) in [7, 11) is 0. The molecule has 0 aliphatic carbocycles. The highest BCUT2D eigenvalue weighted by Crippen LogP contribution is 2.28. The Balaban J connectivity index is 2.61. The van der Waals surface area contributed by atoms with E-state index < -0.39 is 61.2 Å². The fraction of sp³-hybridized carbons (Fsp3) is 0.972. The van der Waals surface area contributed by atoms with Crippen molar-refractivity contribution in [3.63, 3.8) is 0 Å². The number of unbranched alkanes of at least 4 members (excludes halogenated alkanes) is 19. The molecule has 1 amide bonds. The number of nitrogens with one attached hydrogen (secondary N) is 1. The van der Waals surface area contributed by atoms with Crippen molar-refractivity contribution < 1.29 is 44.9 Å².